The minimum Gasteiger partial charge on any atom is -0.280 e. The monoisotopic (exact) mass is 411 g/mol. The Morgan fingerprint density at radius 2 is 1.85 bits per heavy atom. The number of imide groups is 1. The first kappa shape index (κ1) is 18.2. The fourth-order valence-corrected chi connectivity index (χ4v) is 7.26. The molecule has 8 heteroatoms. The zero-order chi connectivity index (χ0) is 18.6. The quantitative estimate of drug-likeness (QED) is 0.550. The van der Waals surface area contributed by atoms with Crippen LogP contribution in [0.15, 0.2) is 29.2 Å². The standard InChI is InChI=1S/C18H18ClNO4S2/c1-9-2-4-11(5-3-9)26(24)20-17(22)15-10-6-12(16(15)18(20)23)13(7-10)25-8-14(19)21/h2-5,10,12-13,15-16H,6-8H2,1H3. The number of hydrogen-bond acceptors (Lipinski definition) is 5. The van der Waals surface area contributed by atoms with Gasteiger partial charge >= 0.3 is 0 Å². The van der Waals surface area contributed by atoms with E-state index in [1.54, 1.807) is 12.1 Å². The number of hydrogen-bond donors (Lipinski definition) is 0. The van der Waals surface area contributed by atoms with E-state index in [0.717, 1.165) is 22.7 Å². The molecule has 1 heterocycles. The van der Waals surface area contributed by atoms with E-state index in [1.165, 1.54) is 11.8 Å². The summed E-state index contributed by atoms with van der Waals surface area (Å²) < 4.78 is 13.8. The van der Waals surface area contributed by atoms with Crippen LogP contribution >= 0.6 is 23.4 Å². The van der Waals surface area contributed by atoms with Crippen LogP contribution in [0.2, 0.25) is 0 Å². The first-order valence-electron chi connectivity index (χ1n) is 8.54. The molecule has 0 radical (unpaired) electrons. The van der Waals surface area contributed by atoms with Gasteiger partial charge in [-0.3, -0.25) is 14.4 Å². The first-order valence-corrected chi connectivity index (χ1v) is 11.1. The summed E-state index contributed by atoms with van der Waals surface area (Å²) in [5.74, 6) is -0.985. The van der Waals surface area contributed by atoms with Crippen LogP contribution in [0, 0.1) is 30.6 Å². The number of nitrogens with zero attached hydrogens (tertiary/aromatic N) is 1. The number of rotatable bonds is 5. The normalized spacial score (nSPS) is 33.6. The molecule has 2 aliphatic carbocycles. The number of halogens is 1. The molecule has 1 aromatic rings. The van der Waals surface area contributed by atoms with Crippen molar-refractivity contribution < 1.29 is 18.6 Å². The lowest BCUT2D eigenvalue weighted by Crippen LogP contribution is -2.35. The van der Waals surface area contributed by atoms with E-state index in [-0.39, 0.29) is 40.6 Å². The van der Waals surface area contributed by atoms with Crippen LogP contribution in [-0.4, -0.2) is 36.6 Å². The third-order valence-electron chi connectivity index (χ3n) is 5.71. The summed E-state index contributed by atoms with van der Waals surface area (Å²) in [6, 6.07) is 7.02. The summed E-state index contributed by atoms with van der Waals surface area (Å²) in [7, 11) is -1.81. The van der Waals surface area contributed by atoms with Crippen LogP contribution < -0.4 is 0 Å². The number of carbonyl (C=O) groups excluding carboxylic acids is 3. The Balaban J connectivity index is 1.56. The second kappa shape index (κ2) is 6.77. The van der Waals surface area contributed by atoms with E-state index < -0.39 is 22.1 Å². The van der Waals surface area contributed by atoms with Crippen LogP contribution in [0.5, 0.6) is 0 Å². The van der Waals surface area contributed by atoms with Crippen molar-refractivity contribution in [2.75, 3.05) is 5.75 Å². The van der Waals surface area contributed by atoms with Crippen molar-refractivity contribution in [3.63, 3.8) is 0 Å². The zero-order valence-corrected chi connectivity index (χ0v) is 16.5. The highest BCUT2D eigenvalue weighted by atomic mass is 35.5. The van der Waals surface area contributed by atoms with Gasteiger partial charge in [-0.2, -0.15) is 4.31 Å². The molecule has 5 nitrogen and oxygen atoms in total. The third kappa shape index (κ3) is 2.84. The molecule has 3 fully saturated rings. The molecule has 1 aliphatic heterocycles. The molecule has 1 saturated heterocycles. The predicted molar refractivity (Wildman–Crippen MR) is 99.7 cm³/mol. The molecule has 0 N–H and O–H groups in total. The highest BCUT2D eigenvalue weighted by molar-refractivity contribution is 8.00. The SMILES string of the molecule is Cc1ccc(S(=O)N2C(=O)C3C4CC(SCC(=O)Cl)C(C4)C3C2=O)cc1. The van der Waals surface area contributed by atoms with Crippen LogP contribution in [0.3, 0.4) is 0 Å². The Bertz CT molecular complexity index is 812. The van der Waals surface area contributed by atoms with Crippen molar-refractivity contribution in [3.05, 3.63) is 29.8 Å². The van der Waals surface area contributed by atoms with Gasteiger partial charge < -0.3 is 0 Å². The van der Waals surface area contributed by atoms with Crippen LogP contribution in [-0.2, 0) is 25.4 Å². The van der Waals surface area contributed by atoms with E-state index in [1.807, 2.05) is 19.1 Å². The first-order chi connectivity index (χ1) is 12.4. The number of benzene rings is 1. The van der Waals surface area contributed by atoms with Gasteiger partial charge in [0.2, 0.25) is 17.1 Å². The average molecular weight is 412 g/mol. The number of fused-ring (bicyclic) bond motifs is 5. The summed E-state index contributed by atoms with van der Waals surface area (Å²) >= 11 is 6.91. The minimum atomic E-state index is -1.81. The maximum absolute atomic E-state index is 13.0. The molecular weight excluding hydrogens is 394 g/mol. The van der Waals surface area contributed by atoms with Crippen molar-refractivity contribution in [2.24, 2.45) is 23.7 Å². The minimum absolute atomic E-state index is 0.0579. The van der Waals surface area contributed by atoms with Crippen molar-refractivity contribution in [3.8, 4) is 0 Å². The van der Waals surface area contributed by atoms with Crippen molar-refractivity contribution >= 4 is 51.4 Å². The van der Waals surface area contributed by atoms with Crippen molar-refractivity contribution in [2.45, 2.75) is 29.9 Å². The van der Waals surface area contributed by atoms with Crippen LogP contribution in [0.4, 0.5) is 0 Å². The fourth-order valence-electron chi connectivity index (χ4n) is 4.66. The molecule has 1 aromatic carbocycles. The van der Waals surface area contributed by atoms with E-state index >= 15 is 0 Å². The largest absolute Gasteiger partial charge is 0.280 e. The molecule has 4 rings (SSSR count). The molecule has 2 amide bonds. The lowest BCUT2D eigenvalue weighted by molar-refractivity contribution is -0.134. The van der Waals surface area contributed by atoms with Gasteiger partial charge in [-0.25, -0.2) is 4.21 Å². The maximum atomic E-state index is 13.0. The molecule has 3 aliphatic rings. The molecule has 2 bridgehead atoms. The predicted octanol–water partition coefficient (Wildman–Crippen LogP) is 2.53. The summed E-state index contributed by atoms with van der Waals surface area (Å²) in [5, 5.41) is -0.237. The van der Waals surface area contributed by atoms with Gasteiger partial charge in [-0.15, -0.1) is 11.8 Å². The number of thioether (sulfide) groups is 1. The molecule has 138 valence electrons. The second-order valence-electron chi connectivity index (χ2n) is 7.18. The van der Waals surface area contributed by atoms with Gasteiger partial charge in [0.15, 0.2) is 11.0 Å². The Labute approximate surface area is 163 Å². The smallest absolute Gasteiger partial charge is 0.245 e. The van der Waals surface area contributed by atoms with Gasteiger partial charge in [-0.1, -0.05) is 17.7 Å². The van der Waals surface area contributed by atoms with E-state index in [4.69, 9.17) is 11.6 Å². The molecule has 2 saturated carbocycles. The zero-order valence-electron chi connectivity index (χ0n) is 14.1. The molecule has 0 aromatic heterocycles. The Hall–Kier alpha value is -1.18. The highest BCUT2D eigenvalue weighted by Gasteiger charge is 2.65. The fraction of sp³-hybridized carbons (Fsp3) is 0.500. The Morgan fingerprint density at radius 1 is 1.19 bits per heavy atom. The van der Waals surface area contributed by atoms with E-state index in [2.05, 4.69) is 0 Å². The molecular formula is C18H18ClNO4S2. The number of aryl methyl sites for hydroxylation is 1. The van der Waals surface area contributed by atoms with E-state index in [9.17, 15) is 18.6 Å². The summed E-state index contributed by atoms with van der Waals surface area (Å²) in [6.45, 7) is 1.92. The van der Waals surface area contributed by atoms with Gasteiger partial charge in [0.25, 0.3) is 0 Å². The average Bonchev–Trinajstić information content (AvgIpc) is 3.24. The lowest BCUT2D eigenvalue weighted by Gasteiger charge is -2.27. The van der Waals surface area contributed by atoms with Crippen molar-refractivity contribution in [1.82, 2.24) is 4.31 Å². The summed E-state index contributed by atoms with van der Waals surface area (Å²) in [5.41, 5.74) is 1.02. The molecule has 6 unspecified atom stereocenters. The van der Waals surface area contributed by atoms with Gasteiger partial charge in [0, 0.05) is 5.25 Å². The molecule has 0 spiro atoms. The van der Waals surface area contributed by atoms with Crippen LogP contribution in [0.25, 0.3) is 0 Å². The lowest BCUT2D eigenvalue weighted by atomic mass is 9.81. The number of carbonyl (C=O) groups is 3. The molecule has 26 heavy (non-hydrogen) atoms. The van der Waals surface area contributed by atoms with Crippen molar-refractivity contribution in [1.29, 1.82) is 0 Å². The summed E-state index contributed by atoms with van der Waals surface area (Å²) in [4.78, 5) is 37.3. The topological polar surface area (TPSA) is 71.5 Å². The van der Waals surface area contributed by atoms with Crippen LogP contribution in [0.1, 0.15) is 18.4 Å². The molecule has 6 atom stereocenters. The number of amides is 2. The highest BCUT2D eigenvalue weighted by Crippen LogP contribution is 2.59. The van der Waals surface area contributed by atoms with Gasteiger partial charge in [0.1, 0.15) is 0 Å². The van der Waals surface area contributed by atoms with Gasteiger partial charge in [0.05, 0.1) is 22.5 Å². The second-order valence-corrected chi connectivity index (χ2v) is 10.2. The third-order valence-corrected chi connectivity index (χ3v) is 8.77. The maximum Gasteiger partial charge on any atom is 0.245 e. The van der Waals surface area contributed by atoms with Gasteiger partial charge in [-0.05, 0) is 55.3 Å². The Kier molecular flexibility index (Phi) is 4.73. The Morgan fingerprint density at radius 3 is 2.50 bits per heavy atom. The summed E-state index contributed by atoms with van der Waals surface area (Å²) in [6.07, 6.45) is 1.64. The van der Waals surface area contributed by atoms with E-state index in [0.29, 0.717) is 4.90 Å².